The van der Waals surface area contributed by atoms with Crippen LogP contribution < -0.4 is 5.32 Å². The predicted octanol–water partition coefficient (Wildman–Crippen LogP) is 5.20. The Hall–Kier alpha value is -4.54. The average molecular weight is 491 g/mol. The van der Waals surface area contributed by atoms with Gasteiger partial charge in [0.25, 0.3) is 5.91 Å². The van der Waals surface area contributed by atoms with E-state index < -0.39 is 17.6 Å². The molecule has 0 bridgehead atoms. The number of alkyl halides is 3. The number of hydrogen-bond donors (Lipinski definition) is 1. The number of nitrogens with one attached hydrogen (secondary N) is 1. The third-order valence-electron chi connectivity index (χ3n) is 5.87. The molecule has 3 heterocycles. The number of hydrogen-bond acceptors (Lipinski definition) is 5. The van der Waals surface area contributed by atoms with Crippen molar-refractivity contribution in [2.75, 3.05) is 5.32 Å². The van der Waals surface area contributed by atoms with Crippen molar-refractivity contribution in [3.05, 3.63) is 89.0 Å². The van der Waals surface area contributed by atoms with Gasteiger partial charge in [0.15, 0.2) is 11.5 Å². The normalized spacial score (nSPS) is 11.7. The molecule has 0 aliphatic carbocycles. The molecule has 0 saturated heterocycles. The fraction of sp³-hybridized carbons (Fsp3) is 0.160. The third kappa shape index (κ3) is 4.08. The van der Waals surface area contributed by atoms with Gasteiger partial charge in [-0.25, -0.2) is 14.6 Å². The van der Waals surface area contributed by atoms with Crippen LogP contribution in [0.2, 0.25) is 0 Å². The average Bonchev–Trinajstić information content (AvgIpc) is 3.43. The van der Waals surface area contributed by atoms with E-state index in [0.29, 0.717) is 22.5 Å². The van der Waals surface area contributed by atoms with Crippen LogP contribution in [0, 0.1) is 20.8 Å². The number of nitrogens with zero attached hydrogens (tertiary/aromatic N) is 6. The van der Waals surface area contributed by atoms with E-state index in [1.807, 2.05) is 32.0 Å². The van der Waals surface area contributed by atoms with Crippen LogP contribution in [0.1, 0.15) is 32.7 Å². The van der Waals surface area contributed by atoms with Crippen molar-refractivity contribution < 1.29 is 18.0 Å². The summed E-state index contributed by atoms with van der Waals surface area (Å²) >= 11 is 0. The number of aryl methyl sites for hydroxylation is 2. The second kappa shape index (κ2) is 8.59. The van der Waals surface area contributed by atoms with Crippen LogP contribution in [-0.2, 0) is 6.18 Å². The highest BCUT2D eigenvalue weighted by atomic mass is 19.4. The molecule has 0 fully saturated rings. The van der Waals surface area contributed by atoms with Gasteiger partial charge in [-0.3, -0.25) is 4.79 Å². The van der Waals surface area contributed by atoms with Gasteiger partial charge in [0.1, 0.15) is 12.1 Å². The largest absolute Gasteiger partial charge is 0.416 e. The fourth-order valence-corrected chi connectivity index (χ4v) is 3.92. The first kappa shape index (κ1) is 23.2. The van der Waals surface area contributed by atoms with E-state index in [1.54, 1.807) is 23.9 Å². The molecule has 36 heavy (non-hydrogen) atoms. The first-order chi connectivity index (χ1) is 17.1. The molecule has 182 valence electrons. The zero-order chi connectivity index (χ0) is 25.6. The van der Waals surface area contributed by atoms with Crippen LogP contribution in [0.5, 0.6) is 0 Å². The minimum atomic E-state index is -4.56. The number of amides is 1. The highest BCUT2D eigenvalue weighted by molar-refractivity contribution is 6.04. The Kier molecular flexibility index (Phi) is 5.54. The number of carbonyl (C=O) groups excluding carboxylic acids is 1. The molecule has 5 rings (SSSR count). The second-order valence-corrected chi connectivity index (χ2v) is 8.33. The van der Waals surface area contributed by atoms with Crippen LogP contribution in [0.25, 0.3) is 22.5 Å². The Morgan fingerprint density at radius 3 is 2.53 bits per heavy atom. The third-order valence-corrected chi connectivity index (χ3v) is 5.87. The van der Waals surface area contributed by atoms with Crippen LogP contribution in [0.15, 0.2) is 61.1 Å². The molecule has 0 aliphatic rings. The standard InChI is InChI=1S/C25H20F3N7O/c1-14-6-4-9-20(16(14)3)34-22-19(12-31-34)23(30-13-29-22)35-21(10-15(2)33-35)32-24(36)17-7-5-8-18(11-17)25(26,27)28/h4-13H,1-3H3,(H,32,36). The molecule has 1 amide bonds. The Morgan fingerprint density at radius 1 is 0.972 bits per heavy atom. The van der Waals surface area contributed by atoms with Crippen molar-refractivity contribution in [2.45, 2.75) is 26.9 Å². The lowest BCUT2D eigenvalue weighted by molar-refractivity contribution is -0.137. The van der Waals surface area contributed by atoms with Gasteiger partial charge in [-0.05, 0) is 56.2 Å². The zero-order valence-electron chi connectivity index (χ0n) is 19.5. The van der Waals surface area contributed by atoms with Crippen LogP contribution >= 0.6 is 0 Å². The molecular formula is C25H20F3N7O. The summed E-state index contributed by atoms with van der Waals surface area (Å²) in [5.74, 6) is -0.1000. The minimum absolute atomic E-state index is 0.134. The van der Waals surface area contributed by atoms with E-state index in [2.05, 4.69) is 25.5 Å². The second-order valence-electron chi connectivity index (χ2n) is 8.33. The SMILES string of the molecule is Cc1cc(NC(=O)c2cccc(C(F)(F)F)c2)n(-c2ncnc3c2cnn3-c2cccc(C)c2C)n1. The summed E-state index contributed by atoms with van der Waals surface area (Å²) < 4.78 is 42.4. The maximum absolute atomic E-state index is 13.1. The van der Waals surface area contributed by atoms with E-state index in [1.165, 1.54) is 23.1 Å². The lowest BCUT2D eigenvalue weighted by Gasteiger charge is -2.11. The number of benzene rings is 2. The Morgan fingerprint density at radius 2 is 1.75 bits per heavy atom. The van der Waals surface area contributed by atoms with Crippen molar-refractivity contribution in [3.63, 3.8) is 0 Å². The molecule has 1 N–H and O–H groups in total. The summed E-state index contributed by atoms with van der Waals surface area (Å²) in [6.07, 6.45) is -1.57. The highest BCUT2D eigenvalue weighted by Crippen LogP contribution is 2.30. The predicted molar refractivity (Wildman–Crippen MR) is 127 cm³/mol. The maximum Gasteiger partial charge on any atom is 0.416 e. The van der Waals surface area contributed by atoms with Gasteiger partial charge in [-0.15, -0.1) is 0 Å². The maximum atomic E-state index is 13.1. The molecule has 0 spiro atoms. The van der Waals surface area contributed by atoms with Gasteiger partial charge in [-0.1, -0.05) is 18.2 Å². The smallest absolute Gasteiger partial charge is 0.306 e. The Bertz CT molecular complexity index is 1620. The minimum Gasteiger partial charge on any atom is -0.306 e. The van der Waals surface area contributed by atoms with Crippen molar-refractivity contribution in [1.82, 2.24) is 29.5 Å². The molecule has 2 aromatic carbocycles. The first-order valence-electron chi connectivity index (χ1n) is 10.9. The molecule has 0 radical (unpaired) electrons. The molecule has 0 aliphatic heterocycles. The zero-order valence-corrected chi connectivity index (χ0v) is 19.5. The summed E-state index contributed by atoms with van der Waals surface area (Å²) in [5.41, 5.74) is 3.09. The summed E-state index contributed by atoms with van der Waals surface area (Å²) in [6, 6.07) is 11.7. The number of aromatic nitrogens is 6. The molecule has 0 atom stereocenters. The first-order valence-corrected chi connectivity index (χ1v) is 10.9. The van der Waals surface area contributed by atoms with Crippen LogP contribution in [0.4, 0.5) is 19.0 Å². The van der Waals surface area contributed by atoms with E-state index in [-0.39, 0.29) is 11.4 Å². The van der Waals surface area contributed by atoms with Crippen LogP contribution in [0.3, 0.4) is 0 Å². The quantitative estimate of drug-likeness (QED) is 0.373. The van der Waals surface area contributed by atoms with Gasteiger partial charge < -0.3 is 5.32 Å². The molecule has 0 unspecified atom stereocenters. The monoisotopic (exact) mass is 491 g/mol. The van der Waals surface area contributed by atoms with E-state index in [4.69, 9.17) is 0 Å². The fourth-order valence-electron chi connectivity index (χ4n) is 3.92. The molecular weight excluding hydrogens is 471 g/mol. The van der Waals surface area contributed by atoms with Gasteiger partial charge >= 0.3 is 6.18 Å². The van der Waals surface area contributed by atoms with Crippen molar-refractivity contribution in [1.29, 1.82) is 0 Å². The van der Waals surface area contributed by atoms with Gasteiger partial charge in [-0.2, -0.15) is 28.1 Å². The number of carbonyl (C=O) groups is 1. The molecule has 11 heteroatoms. The van der Waals surface area contributed by atoms with Gasteiger partial charge in [0, 0.05) is 11.6 Å². The van der Waals surface area contributed by atoms with Gasteiger partial charge in [0.05, 0.1) is 28.5 Å². The van der Waals surface area contributed by atoms with E-state index >= 15 is 0 Å². The molecule has 5 aromatic rings. The van der Waals surface area contributed by atoms with Crippen molar-refractivity contribution in [2.24, 2.45) is 0 Å². The van der Waals surface area contributed by atoms with Crippen molar-refractivity contribution >= 4 is 22.8 Å². The number of fused-ring (bicyclic) bond motifs is 1. The number of halogens is 3. The Labute approximate surface area is 203 Å². The van der Waals surface area contributed by atoms with Crippen LogP contribution in [-0.4, -0.2) is 35.4 Å². The Balaban J connectivity index is 1.55. The number of rotatable bonds is 4. The van der Waals surface area contributed by atoms with E-state index in [0.717, 1.165) is 28.9 Å². The summed E-state index contributed by atoms with van der Waals surface area (Å²) in [6.45, 7) is 5.74. The summed E-state index contributed by atoms with van der Waals surface area (Å²) in [7, 11) is 0. The summed E-state index contributed by atoms with van der Waals surface area (Å²) in [5, 5.41) is 12.2. The summed E-state index contributed by atoms with van der Waals surface area (Å²) in [4.78, 5) is 21.6. The molecule has 3 aromatic heterocycles. The van der Waals surface area contributed by atoms with Gasteiger partial charge in [0.2, 0.25) is 0 Å². The lowest BCUT2D eigenvalue weighted by atomic mass is 10.1. The number of anilines is 1. The molecule has 8 nitrogen and oxygen atoms in total. The van der Waals surface area contributed by atoms with Crippen molar-refractivity contribution in [3.8, 4) is 11.5 Å². The lowest BCUT2D eigenvalue weighted by Crippen LogP contribution is -2.17. The van der Waals surface area contributed by atoms with E-state index in [9.17, 15) is 18.0 Å². The topological polar surface area (TPSA) is 90.5 Å². The highest BCUT2D eigenvalue weighted by Gasteiger charge is 2.31. The molecule has 0 saturated carbocycles.